The molecule has 3 rings (SSSR count). The van der Waals surface area contributed by atoms with Crippen molar-refractivity contribution in [1.82, 2.24) is 10.3 Å². The van der Waals surface area contributed by atoms with Crippen LogP contribution >= 0.6 is 11.6 Å². The summed E-state index contributed by atoms with van der Waals surface area (Å²) in [5, 5.41) is 13.7. The number of pyridine rings is 1. The highest BCUT2D eigenvalue weighted by Gasteiger charge is 2.35. The van der Waals surface area contributed by atoms with E-state index in [2.05, 4.69) is 15.6 Å². The van der Waals surface area contributed by atoms with E-state index in [-0.39, 0.29) is 0 Å². The van der Waals surface area contributed by atoms with Crippen LogP contribution in [0.15, 0.2) is 36.5 Å². The zero-order valence-electron chi connectivity index (χ0n) is 16.2. The molecule has 1 fully saturated rings. The van der Waals surface area contributed by atoms with Gasteiger partial charge in [-0.1, -0.05) is 17.7 Å². The van der Waals surface area contributed by atoms with Gasteiger partial charge in [-0.3, -0.25) is 9.78 Å². The number of aromatic nitrogens is 1. The van der Waals surface area contributed by atoms with Gasteiger partial charge in [0.15, 0.2) is 0 Å². The molecule has 0 bridgehead atoms. The number of alkyl halides is 2. The Morgan fingerprint density at radius 2 is 2.07 bits per heavy atom. The summed E-state index contributed by atoms with van der Waals surface area (Å²) in [7, 11) is 0. The second kappa shape index (κ2) is 8.45. The molecular weight excluding hydrogens is 398 g/mol. The van der Waals surface area contributed by atoms with Crippen molar-refractivity contribution >= 4 is 29.4 Å². The molecule has 3 N–H and O–H groups in total. The van der Waals surface area contributed by atoms with Crippen molar-refractivity contribution in [3.8, 4) is 0 Å². The van der Waals surface area contributed by atoms with Gasteiger partial charge in [0.05, 0.1) is 12.1 Å². The van der Waals surface area contributed by atoms with Gasteiger partial charge in [0, 0.05) is 47.2 Å². The van der Waals surface area contributed by atoms with Gasteiger partial charge < -0.3 is 16.0 Å². The number of benzene rings is 1. The molecule has 0 radical (unpaired) electrons. The Labute approximate surface area is 173 Å². The van der Waals surface area contributed by atoms with Gasteiger partial charge in [-0.25, -0.2) is 0 Å². The first-order valence-corrected chi connectivity index (χ1v) is 9.78. The average molecular weight is 421 g/mol. The molecule has 0 spiro atoms. The minimum atomic E-state index is -3.48. The first kappa shape index (κ1) is 21.2. The Balaban J connectivity index is 1.90. The molecule has 1 saturated carbocycles. The minimum absolute atomic E-state index is 0.480. The molecule has 1 aromatic carbocycles. The topological polar surface area (TPSA) is 77.9 Å². The predicted molar refractivity (Wildman–Crippen MR) is 110 cm³/mol. The van der Waals surface area contributed by atoms with Crippen molar-refractivity contribution < 1.29 is 13.6 Å². The Bertz CT molecular complexity index is 895. The smallest absolute Gasteiger partial charge is 0.321 e. The van der Waals surface area contributed by atoms with E-state index in [9.17, 15) is 13.6 Å². The number of amides is 1. The SMILES string of the molecule is CC(NC(=O)C(C)(F)F)[C@H](Nc1ccc(Cl)cc1C=N)c1ccc(C2CC2)nc1. The van der Waals surface area contributed by atoms with E-state index in [4.69, 9.17) is 17.0 Å². The van der Waals surface area contributed by atoms with Crippen LogP contribution in [0.5, 0.6) is 0 Å². The Morgan fingerprint density at radius 3 is 2.62 bits per heavy atom. The van der Waals surface area contributed by atoms with Crippen LogP contribution in [0.3, 0.4) is 0 Å². The first-order valence-electron chi connectivity index (χ1n) is 9.40. The zero-order valence-corrected chi connectivity index (χ0v) is 16.9. The lowest BCUT2D eigenvalue weighted by Gasteiger charge is -2.29. The lowest BCUT2D eigenvalue weighted by atomic mass is 10.00. The molecule has 0 aliphatic heterocycles. The second-order valence-electron chi connectivity index (χ2n) is 7.44. The maximum atomic E-state index is 13.4. The monoisotopic (exact) mass is 420 g/mol. The maximum absolute atomic E-state index is 13.4. The number of hydrogen-bond donors (Lipinski definition) is 3. The van der Waals surface area contributed by atoms with Crippen molar-refractivity contribution in [3.05, 3.63) is 58.4 Å². The van der Waals surface area contributed by atoms with E-state index in [0.29, 0.717) is 29.1 Å². The van der Waals surface area contributed by atoms with E-state index in [1.165, 1.54) is 0 Å². The molecule has 154 valence electrons. The van der Waals surface area contributed by atoms with E-state index in [1.54, 1.807) is 31.3 Å². The van der Waals surface area contributed by atoms with Crippen molar-refractivity contribution in [2.24, 2.45) is 0 Å². The number of rotatable bonds is 8. The summed E-state index contributed by atoms with van der Waals surface area (Å²) in [6, 6.07) is 7.63. The molecule has 1 aliphatic rings. The third kappa shape index (κ3) is 5.29. The zero-order chi connectivity index (χ0) is 21.2. The van der Waals surface area contributed by atoms with Gasteiger partial charge >= 0.3 is 5.92 Å². The van der Waals surface area contributed by atoms with Gasteiger partial charge in [-0.2, -0.15) is 8.78 Å². The summed E-state index contributed by atoms with van der Waals surface area (Å²) in [6.45, 7) is 2.21. The first-order chi connectivity index (χ1) is 13.7. The lowest BCUT2D eigenvalue weighted by Crippen LogP contribution is -2.46. The fourth-order valence-corrected chi connectivity index (χ4v) is 3.27. The van der Waals surface area contributed by atoms with Crippen LogP contribution in [-0.4, -0.2) is 29.1 Å². The molecule has 1 aromatic heterocycles. The van der Waals surface area contributed by atoms with Crippen LogP contribution in [0.4, 0.5) is 14.5 Å². The van der Waals surface area contributed by atoms with Crippen molar-refractivity contribution in [2.75, 3.05) is 5.32 Å². The van der Waals surface area contributed by atoms with E-state index < -0.39 is 23.9 Å². The quantitative estimate of drug-likeness (QED) is 0.530. The number of halogens is 3. The number of nitrogens with zero attached hydrogens (tertiary/aromatic N) is 1. The van der Waals surface area contributed by atoms with Crippen LogP contribution in [-0.2, 0) is 4.79 Å². The normalized spacial score (nSPS) is 16.0. The number of carbonyl (C=O) groups is 1. The van der Waals surface area contributed by atoms with Crippen LogP contribution in [0.1, 0.15) is 55.5 Å². The van der Waals surface area contributed by atoms with E-state index >= 15 is 0 Å². The summed E-state index contributed by atoms with van der Waals surface area (Å²) in [6.07, 6.45) is 5.11. The summed E-state index contributed by atoms with van der Waals surface area (Å²) in [5.74, 6) is -4.33. The Hall–Kier alpha value is -2.54. The van der Waals surface area contributed by atoms with Crippen molar-refractivity contribution in [3.63, 3.8) is 0 Å². The molecule has 1 unspecified atom stereocenters. The Morgan fingerprint density at radius 1 is 1.34 bits per heavy atom. The van der Waals surface area contributed by atoms with Crippen LogP contribution in [0.25, 0.3) is 0 Å². The molecule has 1 aliphatic carbocycles. The molecule has 8 heteroatoms. The number of hydrogen-bond acceptors (Lipinski definition) is 4. The van der Waals surface area contributed by atoms with Gasteiger partial charge in [0.1, 0.15) is 0 Å². The summed E-state index contributed by atoms with van der Waals surface area (Å²) < 4.78 is 26.8. The van der Waals surface area contributed by atoms with Crippen LogP contribution in [0, 0.1) is 5.41 Å². The maximum Gasteiger partial charge on any atom is 0.321 e. The molecule has 5 nitrogen and oxygen atoms in total. The molecule has 2 aromatic rings. The average Bonchev–Trinajstić information content (AvgIpc) is 3.51. The van der Waals surface area contributed by atoms with Crippen molar-refractivity contribution in [1.29, 1.82) is 5.41 Å². The fourth-order valence-electron chi connectivity index (χ4n) is 3.09. The van der Waals surface area contributed by atoms with Crippen LogP contribution in [0.2, 0.25) is 5.02 Å². The van der Waals surface area contributed by atoms with Gasteiger partial charge in [0.2, 0.25) is 0 Å². The lowest BCUT2D eigenvalue weighted by molar-refractivity contribution is -0.143. The summed E-state index contributed by atoms with van der Waals surface area (Å²) >= 11 is 6.00. The van der Waals surface area contributed by atoms with Gasteiger partial charge in [0.25, 0.3) is 5.91 Å². The third-order valence-corrected chi connectivity index (χ3v) is 5.14. The molecular formula is C21H23ClF2N4O. The highest BCUT2D eigenvalue weighted by molar-refractivity contribution is 6.31. The van der Waals surface area contributed by atoms with E-state index in [1.807, 2.05) is 12.1 Å². The molecule has 29 heavy (non-hydrogen) atoms. The van der Waals surface area contributed by atoms with Gasteiger partial charge in [-0.05, 0) is 49.6 Å². The van der Waals surface area contributed by atoms with Crippen molar-refractivity contribution in [2.45, 2.75) is 50.6 Å². The number of nitrogens with one attached hydrogen (secondary N) is 3. The summed E-state index contributed by atoms with van der Waals surface area (Å²) in [5.41, 5.74) is 2.90. The number of anilines is 1. The largest absolute Gasteiger partial charge is 0.376 e. The third-order valence-electron chi connectivity index (χ3n) is 4.90. The molecule has 1 heterocycles. The molecule has 0 saturated heterocycles. The second-order valence-corrected chi connectivity index (χ2v) is 7.88. The van der Waals surface area contributed by atoms with E-state index in [0.717, 1.165) is 30.3 Å². The van der Waals surface area contributed by atoms with Gasteiger partial charge in [-0.15, -0.1) is 0 Å². The highest BCUT2D eigenvalue weighted by atomic mass is 35.5. The number of carbonyl (C=O) groups excluding carboxylic acids is 1. The fraction of sp³-hybridized carbons (Fsp3) is 0.381. The minimum Gasteiger partial charge on any atom is -0.376 e. The molecule has 1 amide bonds. The molecule has 2 atom stereocenters. The van der Waals surface area contributed by atoms with Crippen LogP contribution < -0.4 is 10.6 Å². The predicted octanol–water partition coefficient (Wildman–Crippen LogP) is 4.92. The standard InChI is InChI=1S/C21H23ClF2N4O/c1-12(27-20(29)21(2,23)24)19(14-5-7-17(26-11-14)13-3-4-13)28-18-8-6-16(22)9-15(18)10-25/h5-13,19,25,28H,3-4H2,1-2H3,(H,27,29)/t12?,19-/m0/s1. The Kier molecular flexibility index (Phi) is 6.17. The highest BCUT2D eigenvalue weighted by Crippen LogP contribution is 2.39. The summed E-state index contributed by atoms with van der Waals surface area (Å²) in [4.78, 5) is 16.3.